The van der Waals surface area contributed by atoms with E-state index in [0.29, 0.717) is 32.6 Å². The summed E-state index contributed by atoms with van der Waals surface area (Å²) in [6, 6.07) is 10.1. The highest BCUT2D eigenvalue weighted by Crippen LogP contribution is 2.18. The lowest BCUT2D eigenvalue weighted by molar-refractivity contribution is -0.129. The first-order chi connectivity index (χ1) is 12.1. The minimum absolute atomic E-state index is 0.0340. The normalized spacial score (nSPS) is 17.1. The molecule has 132 valence electrons. The molecular weight excluding hydrogens is 316 g/mol. The number of nitrogens with zero attached hydrogens (tertiary/aromatic N) is 3. The van der Waals surface area contributed by atoms with Gasteiger partial charge in [0.15, 0.2) is 0 Å². The van der Waals surface area contributed by atoms with Gasteiger partial charge in [0, 0.05) is 45.0 Å². The van der Waals surface area contributed by atoms with Crippen LogP contribution in [0.5, 0.6) is 0 Å². The van der Waals surface area contributed by atoms with E-state index in [0.717, 1.165) is 12.2 Å². The maximum atomic E-state index is 12.3. The fraction of sp³-hybridized carbons (Fsp3) is 0.421. The van der Waals surface area contributed by atoms with Crippen LogP contribution in [0.2, 0.25) is 0 Å². The number of rotatable bonds is 7. The van der Waals surface area contributed by atoms with Gasteiger partial charge in [0.25, 0.3) is 0 Å². The molecule has 0 radical (unpaired) electrons. The van der Waals surface area contributed by atoms with Crippen molar-refractivity contribution in [3.05, 3.63) is 54.1 Å². The second-order valence-corrected chi connectivity index (χ2v) is 6.44. The largest absolute Gasteiger partial charge is 0.354 e. The molecule has 1 saturated heterocycles. The summed E-state index contributed by atoms with van der Waals surface area (Å²) < 4.78 is 1.99. The lowest BCUT2D eigenvalue weighted by Crippen LogP contribution is -2.35. The van der Waals surface area contributed by atoms with Crippen molar-refractivity contribution < 1.29 is 9.59 Å². The number of imidazole rings is 1. The number of hydrogen-bond donors (Lipinski definition) is 1. The quantitative estimate of drug-likeness (QED) is 0.828. The van der Waals surface area contributed by atoms with Crippen LogP contribution in [-0.2, 0) is 22.6 Å². The molecule has 2 aromatic rings. The fourth-order valence-corrected chi connectivity index (χ4v) is 3.16. The van der Waals surface area contributed by atoms with Crippen molar-refractivity contribution in [3.63, 3.8) is 0 Å². The Balaban J connectivity index is 1.43. The van der Waals surface area contributed by atoms with Crippen LogP contribution in [0.4, 0.5) is 0 Å². The van der Waals surface area contributed by atoms with Crippen LogP contribution in [0.25, 0.3) is 0 Å². The van der Waals surface area contributed by atoms with Gasteiger partial charge in [-0.25, -0.2) is 4.98 Å². The van der Waals surface area contributed by atoms with E-state index in [1.165, 1.54) is 5.56 Å². The number of hydrogen-bond acceptors (Lipinski definition) is 3. The Morgan fingerprint density at radius 2 is 2.08 bits per heavy atom. The van der Waals surface area contributed by atoms with E-state index in [4.69, 9.17) is 0 Å². The van der Waals surface area contributed by atoms with Crippen molar-refractivity contribution in [3.8, 4) is 0 Å². The molecule has 2 amide bonds. The first-order valence-corrected chi connectivity index (χ1v) is 8.70. The smallest absolute Gasteiger partial charge is 0.225 e. The number of nitrogens with one attached hydrogen (secondary N) is 1. The van der Waals surface area contributed by atoms with E-state index >= 15 is 0 Å². The lowest BCUT2D eigenvalue weighted by Gasteiger charge is -2.16. The molecule has 0 spiro atoms. The van der Waals surface area contributed by atoms with Gasteiger partial charge in [-0.1, -0.05) is 30.3 Å². The first kappa shape index (κ1) is 17.2. The molecule has 0 bridgehead atoms. The molecule has 3 rings (SSSR count). The number of carbonyl (C=O) groups excluding carboxylic acids is 2. The second kappa shape index (κ2) is 7.96. The van der Waals surface area contributed by atoms with Gasteiger partial charge in [-0.15, -0.1) is 0 Å². The fourth-order valence-electron chi connectivity index (χ4n) is 3.16. The topological polar surface area (TPSA) is 67.2 Å². The number of carbonyl (C=O) groups is 2. The molecule has 1 aromatic heterocycles. The van der Waals surface area contributed by atoms with E-state index in [1.807, 2.05) is 35.9 Å². The van der Waals surface area contributed by atoms with Crippen molar-refractivity contribution in [1.82, 2.24) is 19.8 Å². The SMILES string of the molecule is Cc1nccn1CCNC(=O)[C@@H]1CC(=O)N(CCc2ccccc2)C1. The second-order valence-electron chi connectivity index (χ2n) is 6.44. The van der Waals surface area contributed by atoms with Gasteiger partial charge in [-0.3, -0.25) is 9.59 Å². The molecule has 0 aliphatic carbocycles. The van der Waals surface area contributed by atoms with E-state index in [2.05, 4.69) is 22.4 Å². The Kier molecular flexibility index (Phi) is 5.48. The summed E-state index contributed by atoms with van der Waals surface area (Å²) in [6.07, 6.45) is 4.77. The molecule has 0 unspecified atom stereocenters. The van der Waals surface area contributed by atoms with Crippen LogP contribution in [0.1, 0.15) is 17.8 Å². The summed E-state index contributed by atoms with van der Waals surface area (Å²) in [5.74, 6) is 0.722. The van der Waals surface area contributed by atoms with Crippen molar-refractivity contribution in [2.45, 2.75) is 26.3 Å². The maximum Gasteiger partial charge on any atom is 0.225 e. The van der Waals surface area contributed by atoms with Crippen molar-refractivity contribution in [1.29, 1.82) is 0 Å². The standard InChI is InChI=1S/C19H24N4O2/c1-15-20-8-11-22(15)12-9-21-19(25)17-13-18(24)23(14-17)10-7-16-5-3-2-4-6-16/h2-6,8,11,17H,7,9-10,12-14H2,1H3,(H,21,25)/t17-/m1/s1. The highest BCUT2D eigenvalue weighted by molar-refractivity contribution is 5.89. The molecule has 1 aliphatic heterocycles. The van der Waals surface area contributed by atoms with Gasteiger partial charge in [0.2, 0.25) is 11.8 Å². The van der Waals surface area contributed by atoms with Crippen LogP contribution in [-0.4, -0.2) is 45.9 Å². The molecule has 1 fully saturated rings. The molecule has 0 saturated carbocycles. The third-order valence-electron chi connectivity index (χ3n) is 4.67. The average Bonchev–Trinajstić information content (AvgIpc) is 3.20. The van der Waals surface area contributed by atoms with Gasteiger partial charge in [-0.05, 0) is 18.9 Å². The highest BCUT2D eigenvalue weighted by Gasteiger charge is 2.33. The van der Waals surface area contributed by atoms with Crippen molar-refractivity contribution in [2.75, 3.05) is 19.6 Å². The monoisotopic (exact) mass is 340 g/mol. The predicted octanol–water partition coefficient (Wildman–Crippen LogP) is 1.40. The summed E-state index contributed by atoms with van der Waals surface area (Å²) in [6.45, 7) is 4.35. The van der Waals surface area contributed by atoms with E-state index in [9.17, 15) is 9.59 Å². The Morgan fingerprint density at radius 3 is 2.80 bits per heavy atom. The molecule has 1 N–H and O–H groups in total. The van der Waals surface area contributed by atoms with Gasteiger partial charge in [0.05, 0.1) is 5.92 Å². The predicted molar refractivity (Wildman–Crippen MR) is 94.8 cm³/mol. The Labute approximate surface area is 147 Å². The lowest BCUT2D eigenvalue weighted by atomic mass is 10.1. The Morgan fingerprint density at radius 1 is 1.28 bits per heavy atom. The summed E-state index contributed by atoms with van der Waals surface area (Å²) in [5.41, 5.74) is 1.21. The van der Waals surface area contributed by atoms with Crippen LogP contribution in [0.15, 0.2) is 42.7 Å². The highest BCUT2D eigenvalue weighted by atomic mass is 16.2. The Bertz CT molecular complexity index is 726. The summed E-state index contributed by atoms with van der Waals surface area (Å²) in [4.78, 5) is 30.4. The summed E-state index contributed by atoms with van der Waals surface area (Å²) in [5, 5.41) is 2.94. The van der Waals surface area contributed by atoms with Crippen LogP contribution < -0.4 is 5.32 Å². The van der Waals surface area contributed by atoms with Gasteiger partial charge in [0.1, 0.15) is 5.82 Å². The van der Waals surface area contributed by atoms with Gasteiger partial charge >= 0.3 is 0 Å². The zero-order valence-electron chi connectivity index (χ0n) is 14.5. The van der Waals surface area contributed by atoms with E-state index in [-0.39, 0.29) is 17.7 Å². The van der Waals surface area contributed by atoms with Gasteiger partial charge < -0.3 is 14.8 Å². The number of benzene rings is 1. The minimum Gasteiger partial charge on any atom is -0.354 e. The Hall–Kier alpha value is -2.63. The van der Waals surface area contributed by atoms with Crippen molar-refractivity contribution in [2.24, 2.45) is 5.92 Å². The van der Waals surface area contributed by atoms with E-state index < -0.39 is 0 Å². The summed E-state index contributed by atoms with van der Waals surface area (Å²) in [7, 11) is 0. The minimum atomic E-state index is -0.243. The first-order valence-electron chi connectivity index (χ1n) is 8.70. The molecule has 25 heavy (non-hydrogen) atoms. The number of amides is 2. The van der Waals surface area contributed by atoms with Crippen LogP contribution in [0.3, 0.4) is 0 Å². The number of likely N-dealkylation sites (tertiary alicyclic amines) is 1. The molecule has 6 heteroatoms. The molecule has 6 nitrogen and oxygen atoms in total. The molecule has 1 aromatic carbocycles. The maximum absolute atomic E-state index is 12.3. The third-order valence-corrected chi connectivity index (χ3v) is 4.67. The van der Waals surface area contributed by atoms with E-state index in [1.54, 1.807) is 11.1 Å². The number of aromatic nitrogens is 2. The third kappa shape index (κ3) is 4.47. The van der Waals surface area contributed by atoms with Crippen LogP contribution >= 0.6 is 0 Å². The molecule has 1 aliphatic rings. The zero-order valence-corrected chi connectivity index (χ0v) is 14.5. The molecule has 2 heterocycles. The van der Waals surface area contributed by atoms with Crippen molar-refractivity contribution >= 4 is 11.8 Å². The zero-order chi connectivity index (χ0) is 17.6. The van der Waals surface area contributed by atoms with Crippen LogP contribution in [0, 0.1) is 12.8 Å². The summed E-state index contributed by atoms with van der Waals surface area (Å²) >= 11 is 0. The average molecular weight is 340 g/mol. The number of aryl methyl sites for hydroxylation is 1. The molecular formula is C19H24N4O2. The molecule has 1 atom stereocenters. The van der Waals surface area contributed by atoms with Gasteiger partial charge in [-0.2, -0.15) is 0 Å².